The third kappa shape index (κ3) is 2.74. The Morgan fingerprint density at radius 3 is 2.12 bits per heavy atom. The zero-order valence-corrected chi connectivity index (χ0v) is 14.2. The van der Waals surface area contributed by atoms with Crippen molar-refractivity contribution < 1.29 is 10.0 Å². The highest BCUT2D eigenvalue weighted by atomic mass is 16.6. The lowest BCUT2D eigenvalue weighted by molar-refractivity contribution is -0.384. The van der Waals surface area contributed by atoms with E-state index in [1.54, 1.807) is 12.1 Å². The lowest BCUT2D eigenvalue weighted by atomic mass is 9.52. The number of benzene rings is 1. The molecule has 5 nitrogen and oxygen atoms in total. The molecule has 0 amide bonds. The molecule has 0 radical (unpaired) electrons. The van der Waals surface area contributed by atoms with Gasteiger partial charge in [-0.3, -0.25) is 15.0 Å². The Hall–Kier alpha value is -1.46. The molecule has 5 heteroatoms. The zero-order chi connectivity index (χ0) is 16.9. The molecule has 0 saturated heterocycles. The fourth-order valence-corrected chi connectivity index (χ4v) is 5.91. The van der Waals surface area contributed by atoms with Crippen LogP contribution >= 0.6 is 0 Å². The number of β-amino-alcohol motifs (C(OH)–C–C–N with tert-alkyl or cyclic N) is 1. The summed E-state index contributed by atoms with van der Waals surface area (Å²) in [7, 11) is 2.15. The second-order valence-electron chi connectivity index (χ2n) is 8.39. The Morgan fingerprint density at radius 2 is 1.67 bits per heavy atom. The quantitative estimate of drug-likeness (QED) is 0.662. The van der Waals surface area contributed by atoms with Crippen molar-refractivity contribution in [2.45, 2.75) is 50.2 Å². The maximum Gasteiger partial charge on any atom is 0.269 e. The van der Waals surface area contributed by atoms with Gasteiger partial charge in [-0.05, 0) is 81.0 Å². The average Bonchev–Trinajstić information content (AvgIpc) is 2.53. The maximum atomic E-state index is 10.8. The lowest BCUT2D eigenvalue weighted by Crippen LogP contribution is -2.59. The number of nitrogens with zero attached hydrogens (tertiary/aromatic N) is 2. The number of likely N-dealkylation sites (N-methyl/N-ethyl adjacent to an activating group) is 1. The Kier molecular flexibility index (Phi) is 3.88. The number of rotatable bonds is 5. The van der Waals surface area contributed by atoms with E-state index < -0.39 is 11.0 Å². The van der Waals surface area contributed by atoms with Crippen molar-refractivity contribution in [2.75, 3.05) is 13.6 Å². The molecule has 0 aromatic heterocycles. The standard InChI is InChI=1S/C19H26N2O3/c1-20(12-18(22)16-2-4-17(5-3-16)21(23)24)19-9-13-6-14(10-19)8-15(7-13)11-19/h2-5,13-15,18,22H,6-12H2,1H3. The lowest BCUT2D eigenvalue weighted by Gasteiger charge is -2.60. The Labute approximate surface area is 142 Å². The molecule has 4 bridgehead atoms. The summed E-state index contributed by atoms with van der Waals surface area (Å²) in [6, 6.07) is 6.30. The summed E-state index contributed by atoms with van der Waals surface area (Å²) in [4.78, 5) is 12.7. The zero-order valence-electron chi connectivity index (χ0n) is 14.2. The van der Waals surface area contributed by atoms with Crippen LogP contribution < -0.4 is 0 Å². The van der Waals surface area contributed by atoms with Gasteiger partial charge in [0.25, 0.3) is 5.69 Å². The first-order valence-electron chi connectivity index (χ1n) is 9.09. The van der Waals surface area contributed by atoms with E-state index in [4.69, 9.17) is 0 Å². The van der Waals surface area contributed by atoms with Gasteiger partial charge in [0.05, 0.1) is 11.0 Å². The van der Waals surface area contributed by atoms with E-state index in [-0.39, 0.29) is 11.2 Å². The summed E-state index contributed by atoms with van der Waals surface area (Å²) in [6.45, 7) is 0.601. The van der Waals surface area contributed by atoms with Crippen LogP contribution in [-0.2, 0) is 0 Å². The molecule has 1 aromatic rings. The van der Waals surface area contributed by atoms with Crippen LogP contribution in [0.3, 0.4) is 0 Å². The molecular formula is C19H26N2O3. The van der Waals surface area contributed by atoms with E-state index >= 15 is 0 Å². The largest absolute Gasteiger partial charge is 0.387 e. The van der Waals surface area contributed by atoms with Gasteiger partial charge in [0.1, 0.15) is 0 Å². The second kappa shape index (κ2) is 5.81. The first-order valence-corrected chi connectivity index (χ1v) is 9.09. The predicted molar refractivity (Wildman–Crippen MR) is 91.6 cm³/mol. The van der Waals surface area contributed by atoms with Crippen molar-refractivity contribution in [3.8, 4) is 0 Å². The second-order valence-corrected chi connectivity index (χ2v) is 8.39. The normalized spacial score (nSPS) is 35.4. The van der Waals surface area contributed by atoms with E-state index in [1.165, 1.54) is 50.7 Å². The Morgan fingerprint density at radius 1 is 1.17 bits per heavy atom. The molecule has 130 valence electrons. The minimum Gasteiger partial charge on any atom is -0.387 e. The molecule has 0 aliphatic heterocycles. The predicted octanol–water partition coefficient (Wildman–Crippen LogP) is 3.53. The van der Waals surface area contributed by atoms with Gasteiger partial charge in [-0.25, -0.2) is 0 Å². The molecule has 1 unspecified atom stereocenters. The van der Waals surface area contributed by atoms with Crippen LogP contribution in [0.15, 0.2) is 24.3 Å². The van der Waals surface area contributed by atoms with Gasteiger partial charge in [0, 0.05) is 24.2 Å². The highest BCUT2D eigenvalue weighted by molar-refractivity contribution is 5.33. The first-order chi connectivity index (χ1) is 11.4. The number of nitro benzene ring substituents is 1. The average molecular weight is 330 g/mol. The molecule has 4 aliphatic rings. The molecule has 4 saturated carbocycles. The minimum atomic E-state index is -0.594. The highest BCUT2D eigenvalue weighted by Gasteiger charge is 2.52. The van der Waals surface area contributed by atoms with Gasteiger partial charge in [-0.2, -0.15) is 0 Å². The summed E-state index contributed by atoms with van der Waals surface area (Å²) in [5, 5.41) is 21.4. The topological polar surface area (TPSA) is 66.6 Å². The Bertz CT molecular complexity index is 593. The van der Waals surface area contributed by atoms with Crippen LogP contribution in [0.2, 0.25) is 0 Å². The van der Waals surface area contributed by atoms with E-state index in [0.29, 0.717) is 6.54 Å². The number of hydrogen-bond donors (Lipinski definition) is 1. The van der Waals surface area contributed by atoms with Gasteiger partial charge in [-0.15, -0.1) is 0 Å². The number of nitro groups is 1. The van der Waals surface area contributed by atoms with Crippen LogP contribution in [0.5, 0.6) is 0 Å². The van der Waals surface area contributed by atoms with Gasteiger partial charge in [0.15, 0.2) is 0 Å². The summed E-state index contributed by atoms with van der Waals surface area (Å²) in [6.07, 6.45) is 7.49. The minimum absolute atomic E-state index is 0.0698. The van der Waals surface area contributed by atoms with E-state index in [0.717, 1.165) is 23.3 Å². The van der Waals surface area contributed by atoms with E-state index in [2.05, 4.69) is 11.9 Å². The van der Waals surface area contributed by atoms with Crippen molar-refractivity contribution >= 4 is 5.69 Å². The maximum absolute atomic E-state index is 10.8. The summed E-state index contributed by atoms with van der Waals surface area (Å²) >= 11 is 0. The molecule has 0 spiro atoms. The van der Waals surface area contributed by atoms with Gasteiger partial charge < -0.3 is 5.11 Å². The van der Waals surface area contributed by atoms with Crippen molar-refractivity contribution in [1.82, 2.24) is 4.90 Å². The number of hydrogen-bond acceptors (Lipinski definition) is 4. The van der Waals surface area contributed by atoms with Crippen molar-refractivity contribution in [2.24, 2.45) is 17.8 Å². The molecule has 4 aliphatic carbocycles. The Balaban J connectivity index is 1.45. The molecule has 0 heterocycles. The highest BCUT2D eigenvalue weighted by Crippen LogP contribution is 2.57. The van der Waals surface area contributed by atoms with Gasteiger partial charge in [-0.1, -0.05) is 0 Å². The fraction of sp³-hybridized carbons (Fsp3) is 0.684. The van der Waals surface area contributed by atoms with Crippen molar-refractivity contribution in [1.29, 1.82) is 0 Å². The van der Waals surface area contributed by atoms with Crippen molar-refractivity contribution in [3.63, 3.8) is 0 Å². The third-order valence-electron chi connectivity index (χ3n) is 6.75. The molecule has 1 aromatic carbocycles. The number of aliphatic hydroxyl groups is 1. The molecule has 24 heavy (non-hydrogen) atoms. The third-order valence-corrected chi connectivity index (χ3v) is 6.75. The van der Waals surface area contributed by atoms with Gasteiger partial charge >= 0.3 is 0 Å². The van der Waals surface area contributed by atoms with Crippen LogP contribution in [0.25, 0.3) is 0 Å². The molecule has 1 N–H and O–H groups in total. The summed E-state index contributed by atoms with van der Waals surface area (Å²) < 4.78 is 0. The smallest absolute Gasteiger partial charge is 0.269 e. The van der Waals surface area contributed by atoms with Crippen LogP contribution in [0.1, 0.15) is 50.2 Å². The van der Waals surface area contributed by atoms with E-state index in [1.807, 2.05) is 0 Å². The van der Waals surface area contributed by atoms with Gasteiger partial charge in [0.2, 0.25) is 0 Å². The molecule has 1 atom stereocenters. The van der Waals surface area contributed by atoms with E-state index in [9.17, 15) is 15.2 Å². The summed E-state index contributed by atoms with van der Waals surface area (Å²) in [5.41, 5.74) is 1.11. The summed E-state index contributed by atoms with van der Waals surface area (Å²) in [5.74, 6) is 2.65. The molecule has 4 fully saturated rings. The van der Waals surface area contributed by atoms with Crippen LogP contribution in [0.4, 0.5) is 5.69 Å². The first kappa shape index (κ1) is 16.0. The fourth-order valence-electron chi connectivity index (χ4n) is 5.91. The SMILES string of the molecule is CN(CC(O)c1ccc([N+](=O)[O-])cc1)C12CC3CC(CC(C3)C1)C2. The number of non-ortho nitro benzene ring substituents is 1. The molecule has 5 rings (SSSR count). The number of aliphatic hydroxyl groups excluding tert-OH is 1. The van der Waals surface area contributed by atoms with Crippen LogP contribution in [0, 0.1) is 27.9 Å². The molecular weight excluding hydrogens is 304 g/mol. The van der Waals surface area contributed by atoms with Crippen LogP contribution in [-0.4, -0.2) is 34.1 Å². The monoisotopic (exact) mass is 330 g/mol. The van der Waals surface area contributed by atoms with Crippen molar-refractivity contribution in [3.05, 3.63) is 39.9 Å².